The molecule has 2 aromatic carbocycles. The number of halogens is 1. The largest absolute Gasteiger partial charge is 0.456 e. The molecular weight excluding hydrogens is 320 g/mol. The maximum atomic E-state index is 6.10. The molecule has 0 spiro atoms. The van der Waals surface area contributed by atoms with Gasteiger partial charge in [0.15, 0.2) is 0 Å². The summed E-state index contributed by atoms with van der Waals surface area (Å²) in [6, 6.07) is 15.9. The molecule has 3 rings (SSSR count). The summed E-state index contributed by atoms with van der Waals surface area (Å²) < 4.78 is 6.10. The van der Waals surface area contributed by atoms with Crippen LogP contribution in [-0.4, -0.2) is 32.1 Å². The highest BCUT2D eigenvalue weighted by atomic mass is 35.5. The van der Waals surface area contributed by atoms with Crippen molar-refractivity contribution in [1.29, 1.82) is 0 Å². The SMILES string of the molecule is Cc1ccc2oc(-c3ccc(Cl)cc3)cc(=NCCN(C)C)c2c1. The number of benzene rings is 2. The molecule has 0 fully saturated rings. The Balaban J connectivity index is 2.15. The summed E-state index contributed by atoms with van der Waals surface area (Å²) in [5, 5.41) is 2.73. The Bertz CT molecular complexity index is 911. The molecule has 1 aromatic heterocycles. The minimum absolute atomic E-state index is 0.714. The smallest absolute Gasteiger partial charge is 0.136 e. The topological polar surface area (TPSA) is 28.7 Å². The van der Waals surface area contributed by atoms with Crippen LogP contribution in [0, 0.1) is 6.92 Å². The first kappa shape index (κ1) is 16.7. The third-order valence-electron chi connectivity index (χ3n) is 3.86. The van der Waals surface area contributed by atoms with Crippen LogP contribution in [0.1, 0.15) is 5.56 Å². The molecule has 3 aromatic rings. The third kappa shape index (κ3) is 3.86. The van der Waals surface area contributed by atoms with Crippen molar-refractivity contribution in [2.45, 2.75) is 6.92 Å². The molecule has 24 heavy (non-hydrogen) atoms. The van der Waals surface area contributed by atoms with Crippen molar-refractivity contribution in [1.82, 2.24) is 4.90 Å². The van der Waals surface area contributed by atoms with Crippen LogP contribution in [0.4, 0.5) is 0 Å². The van der Waals surface area contributed by atoms with Gasteiger partial charge in [-0.15, -0.1) is 0 Å². The van der Waals surface area contributed by atoms with Crippen LogP contribution in [0.3, 0.4) is 0 Å². The molecule has 0 radical (unpaired) electrons. The summed E-state index contributed by atoms with van der Waals surface area (Å²) in [7, 11) is 4.11. The average Bonchev–Trinajstić information content (AvgIpc) is 2.55. The van der Waals surface area contributed by atoms with E-state index in [1.807, 2.05) is 36.4 Å². The number of hydrogen-bond donors (Lipinski definition) is 0. The van der Waals surface area contributed by atoms with Crippen molar-refractivity contribution >= 4 is 22.6 Å². The quantitative estimate of drug-likeness (QED) is 0.698. The van der Waals surface area contributed by atoms with Gasteiger partial charge in [-0.3, -0.25) is 4.99 Å². The highest BCUT2D eigenvalue weighted by Gasteiger charge is 2.06. The molecule has 0 aliphatic heterocycles. The molecule has 0 aliphatic carbocycles. The van der Waals surface area contributed by atoms with Gasteiger partial charge in [0.25, 0.3) is 0 Å². The number of hydrogen-bond acceptors (Lipinski definition) is 3. The predicted octanol–water partition coefficient (Wildman–Crippen LogP) is 4.52. The summed E-state index contributed by atoms with van der Waals surface area (Å²) >= 11 is 5.99. The van der Waals surface area contributed by atoms with Crippen molar-refractivity contribution in [2.75, 3.05) is 27.2 Å². The molecule has 3 nitrogen and oxygen atoms in total. The molecule has 0 saturated carbocycles. The van der Waals surface area contributed by atoms with Gasteiger partial charge in [0.2, 0.25) is 0 Å². The zero-order valence-electron chi connectivity index (χ0n) is 14.2. The lowest BCUT2D eigenvalue weighted by Gasteiger charge is -2.08. The zero-order valence-corrected chi connectivity index (χ0v) is 15.0. The number of rotatable bonds is 4. The van der Waals surface area contributed by atoms with Crippen LogP contribution in [0.5, 0.6) is 0 Å². The Morgan fingerprint density at radius 1 is 1.04 bits per heavy atom. The first-order valence-electron chi connectivity index (χ1n) is 7.98. The second-order valence-electron chi connectivity index (χ2n) is 6.19. The summed E-state index contributed by atoms with van der Waals surface area (Å²) in [4.78, 5) is 6.92. The molecule has 0 atom stereocenters. The number of aryl methyl sites for hydroxylation is 1. The Morgan fingerprint density at radius 2 is 1.79 bits per heavy atom. The monoisotopic (exact) mass is 340 g/mol. The van der Waals surface area contributed by atoms with E-state index in [4.69, 9.17) is 21.0 Å². The molecule has 0 saturated heterocycles. The fourth-order valence-corrected chi connectivity index (χ4v) is 2.67. The molecule has 0 N–H and O–H groups in total. The van der Waals surface area contributed by atoms with Crippen LogP contribution in [0.2, 0.25) is 5.02 Å². The Morgan fingerprint density at radius 3 is 2.50 bits per heavy atom. The normalized spacial score (nSPS) is 12.3. The lowest BCUT2D eigenvalue weighted by atomic mass is 10.1. The van der Waals surface area contributed by atoms with Gasteiger partial charge in [-0.05, 0) is 57.4 Å². The maximum absolute atomic E-state index is 6.10. The van der Waals surface area contributed by atoms with Gasteiger partial charge in [-0.1, -0.05) is 23.2 Å². The van der Waals surface area contributed by atoms with E-state index in [-0.39, 0.29) is 0 Å². The van der Waals surface area contributed by atoms with Crippen molar-refractivity contribution < 1.29 is 4.42 Å². The third-order valence-corrected chi connectivity index (χ3v) is 4.11. The van der Waals surface area contributed by atoms with Crippen molar-refractivity contribution in [3.05, 3.63) is 64.5 Å². The summed E-state index contributed by atoms with van der Waals surface area (Å²) in [5.41, 5.74) is 3.03. The first-order valence-corrected chi connectivity index (χ1v) is 8.36. The van der Waals surface area contributed by atoms with Gasteiger partial charge in [-0.2, -0.15) is 0 Å². The zero-order chi connectivity index (χ0) is 17.1. The Labute approximate surface area is 147 Å². The van der Waals surface area contributed by atoms with Gasteiger partial charge >= 0.3 is 0 Å². The second-order valence-corrected chi connectivity index (χ2v) is 6.62. The van der Waals surface area contributed by atoms with E-state index in [1.54, 1.807) is 0 Å². The van der Waals surface area contributed by atoms with Crippen molar-refractivity contribution in [2.24, 2.45) is 4.99 Å². The van der Waals surface area contributed by atoms with E-state index in [2.05, 4.69) is 38.1 Å². The molecule has 1 heterocycles. The minimum atomic E-state index is 0.714. The Kier molecular flexibility index (Phi) is 5.03. The van der Waals surface area contributed by atoms with E-state index < -0.39 is 0 Å². The molecule has 124 valence electrons. The van der Waals surface area contributed by atoms with Crippen molar-refractivity contribution in [3.63, 3.8) is 0 Å². The summed E-state index contributed by atoms with van der Waals surface area (Å²) in [6.07, 6.45) is 0. The average molecular weight is 341 g/mol. The van der Waals surface area contributed by atoms with Crippen LogP contribution in [0.15, 0.2) is 57.9 Å². The predicted molar refractivity (Wildman–Crippen MR) is 100 cm³/mol. The number of likely N-dealkylation sites (N-methyl/N-ethyl adjacent to an activating group) is 1. The fourth-order valence-electron chi connectivity index (χ4n) is 2.54. The van der Waals surface area contributed by atoms with E-state index in [0.29, 0.717) is 5.02 Å². The highest BCUT2D eigenvalue weighted by Crippen LogP contribution is 2.24. The van der Waals surface area contributed by atoms with E-state index in [1.165, 1.54) is 5.56 Å². The van der Waals surface area contributed by atoms with Crippen LogP contribution in [0.25, 0.3) is 22.3 Å². The molecular formula is C20H21ClN2O. The molecule has 0 aliphatic rings. The van der Waals surface area contributed by atoms with Crippen molar-refractivity contribution in [3.8, 4) is 11.3 Å². The van der Waals surface area contributed by atoms with Gasteiger partial charge in [0, 0.05) is 28.6 Å². The number of nitrogens with zero attached hydrogens (tertiary/aromatic N) is 2. The fraction of sp³-hybridized carbons (Fsp3) is 0.250. The summed E-state index contributed by atoms with van der Waals surface area (Å²) in [6.45, 7) is 3.74. The summed E-state index contributed by atoms with van der Waals surface area (Å²) in [5.74, 6) is 0.798. The van der Waals surface area contributed by atoms with E-state index in [0.717, 1.165) is 40.7 Å². The van der Waals surface area contributed by atoms with E-state index >= 15 is 0 Å². The van der Waals surface area contributed by atoms with Gasteiger partial charge in [-0.25, -0.2) is 0 Å². The lowest BCUT2D eigenvalue weighted by Crippen LogP contribution is -2.17. The molecule has 0 amide bonds. The van der Waals surface area contributed by atoms with Gasteiger partial charge in [0.05, 0.1) is 11.9 Å². The van der Waals surface area contributed by atoms with Crippen LogP contribution < -0.4 is 5.36 Å². The highest BCUT2D eigenvalue weighted by molar-refractivity contribution is 6.30. The molecule has 0 unspecified atom stereocenters. The van der Waals surface area contributed by atoms with Crippen LogP contribution in [-0.2, 0) is 0 Å². The van der Waals surface area contributed by atoms with Gasteiger partial charge < -0.3 is 9.32 Å². The Hall–Kier alpha value is -2.10. The standard InChI is InChI=1S/C20H21ClN2O/c1-14-4-9-19-17(12-14)18(22-10-11-23(2)3)13-20(24-19)15-5-7-16(21)8-6-15/h4-9,12-13H,10-11H2,1-3H3. The van der Waals surface area contributed by atoms with Gasteiger partial charge in [0.1, 0.15) is 11.3 Å². The second kappa shape index (κ2) is 7.20. The maximum Gasteiger partial charge on any atom is 0.136 e. The van der Waals surface area contributed by atoms with E-state index in [9.17, 15) is 0 Å². The van der Waals surface area contributed by atoms with Crippen LogP contribution >= 0.6 is 11.6 Å². The lowest BCUT2D eigenvalue weighted by molar-refractivity contribution is 0.419. The number of fused-ring (bicyclic) bond motifs is 1. The molecule has 0 bridgehead atoms. The minimum Gasteiger partial charge on any atom is -0.456 e. The molecule has 4 heteroatoms. The first-order chi connectivity index (χ1) is 11.5.